The van der Waals surface area contributed by atoms with Crippen LogP contribution in [-0.4, -0.2) is 41.2 Å². The average Bonchev–Trinajstić information content (AvgIpc) is 2.36. The second-order valence-corrected chi connectivity index (χ2v) is 7.81. The molecular formula is C13H23NOS2. The average molecular weight is 273 g/mol. The van der Waals surface area contributed by atoms with Crippen LogP contribution < -0.4 is 5.32 Å². The van der Waals surface area contributed by atoms with Crippen molar-refractivity contribution in [2.75, 3.05) is 19.4 Å². The molecule has 0 aromatic heterocycles. The van der Waals surface area contributed by atoms with Gasteiger partial charge in [0.15, 0.2) is 0 Å². The van der Waals surface area contributed by atoms with Crippen LogP contribution in [0.5, 0.6) is 0 Å². The molecule has 17 heavy (non-hydrogen) atoms. The Morgan fingerprint density at radius 3 is 2.82 bits per heavy atom. The second kappa shape index (κ2) is 6.39. The van der Waals surface area contributed by atoms with Crippen LogP contribution >= 0.6 is 23.5 Å². The van der Waals surface area contributed by atoms with Gasteiger partial charge in [-0.15, -0.1) is 0 Å². The van der Waals surface area contributed by atoms with Gasteiger partial charge in [0.2, 0.25) is 0 Å². The van der Waals surface area contributed by atoms with Gasteiger partial charge in [0.05, 0.1) is 12.6 Å². The lowest BCUT2D eigenvalue weighted by Gasteiger charge is -2.37. The number of nitrogens with one attached hydrogen (secondary N) is 1. The van der Waals surface area contributed by atoms with E-state index in [1.54, 1.807) is 0 Å². The molecule has 0 aromatic carbocycles. The zero-order valence-electron chi connectivity index (χ0n) is 10.9. The minimum atomic E-state index is 0.391. The molecule has 1 saturated heterocycles. The third-order valence-corrected chi connectivity index (χ3v) is 7.02. The first-order valence-corrected chi connectivity index (χ1v) is 8.48. The summed E-state index contributed by atoms with van der Waals surface area (Å²) in [7, 11) is 2.05. The highest BCUT2D eigenvalue weighted by molar-refractivity contribution is 8.07. The third kappa shape index (κ3) is 3.36. The van der Waals surface area contributed by atoms with Crippen molar-refractivity contribution in [1.82, 2.24) is 5.32 Å². The number of likely N-dealkylation sites (N-methyl/N-ethyl adjacent to an activating group) is 1. The lowest BCUT2D eigenvalue weighted by Crippen LogP contribution is -2.44. The molecule has 4 atom stereocenters. The van der Waals surface area contributed by atoms with E-state index in [0.29, 0.717) is 11.3 Å². The maximum atomic E-state index is 5.82. The van der Waals surface area contributed by atoms with Gasteiger partial charge in [-0.1, -0.05) is 13.8 Å². The van der Waals surface area contributed by atoms with Crippen molar-refractivity contribution in [1.29, 1.82) is 0 Å². The van der Waals surface area contributed by atoms with E-state index in [1.165, 1.54) is 24.4 Å². The first-order valence-electron chi connectivity index (χ1n) is 6.49. The molecule has 2 nitrogen and oxygen atoms in total. The van der Waals surface area contributed by atoms with Gasteiger partial charge in [-0.05, 0) is 26.0 Å². The van der Waals surface area contributed by atoms with E-state index < -0.39 is 0 Å². The van der Waals surface area contributed by atoms with Gasteiger partial charge < -0.3 is 10.1 Å². The number of thioether (sulfide) groups is 2. The number of allylic oxidation sites excluding steroid dienone is 1. The number of hydrogen-bond donors (Lipinski definition) is 1. The van der Waals surface area contributed by atoms with E-state index in [-0.39, 0.29) is 0 Å². The summed E-state index contributed by atoms with van der Waals surface area (Å²) in [6, 6.07) is 0.391. The summed E-state index contributed by atoms with van der Waals surface area (Å²) in [6.07, 6.45) is 4.61. The van der Waals surface area contributed by atoms with Crippen LogP contribution in [0.15, 0.2) is 11.8 Å². The van der Waals surface area contributed by atoms with E-state index in [2.05, 4.69) is 55.8 Å². The summed E-state index contributed by atoms with van der Waals surface area (Å²) in [4.78, 5) is 0. The molecule has 0 saturated carbocycles. The highest BCUT2D eigenvalue weighted by atomic mass is 32.2. The van der Waals surface area contributed by atoms with Crippen molar-refractivity contribution in [3.05, 3.63) is 11.8 Å². The van der Waals surface area contributed by atoms with Gasteiger partial charge in [-0.2, -0.15) is 23.5 Å². The molecule has 2 heterocycles. The topological polar surface area (TPSA) is 21.3 Å². The van der Waals surface area contributed by atoms with Crippen molar-refractivity contribution in [2.24, 2.45) is 0 Å². The minimum Gasteiger partial charge on any atom is -0.497 e. The molecular weight excluding hydrogens is 250 g/mol. The molecule has 98 valence electrons. The van der Waals surface area contributed by atoms with E-state index in [1.807, 2.05) is 0 Å². The molecule has 2 aliphatic rings. The van der Waals surface area contributed by atoms with E-state index >= 15 is 0 Å². The highest BCUT2D eigenvalue weighted by Gasteiger charge is 2.33. The summed E-state index contributed by atoms with van der Waals surface area (Å²) < 4.78 is 5.82. The Labute approximate surface area is 113 Å². The number of hydrogen-bond acceptors (Lipinski definition) is 4. The fourth-order valence-electron chi connectivity index (χ4n) is 2.29. The van der Waals surface area contributed by atoms with Crippen molar-refractivity contribution in [3.8, 4) is 0 Å². The Morgan fingerprint density at radius 2 is 2.24 bits per heavy atom. The fraction of sp³-hybridized carbons (Fsp3) is 0.846. The fourth-order valence-corrected chi connectivity index (χ4v) is 5.42. The molecule has 0 aromatic rings. The molecule has 4 unspecified atom stereocenters. The molecule has 2 rings (SSSR count). The predicted octanol–water partition coefficient (Wildman–Crippen LogP) is 2.89. The Balaban J connectivity index is 2.00. The lowest BCUT2D eigenvalue weighted by atomic mass is 10.1. The van der Waals surface area contributed by atoms with Crippen LogP contribution in [0.1, 0.15) is 26.7 Å². The Hall–Kier alpha value is 0.200. The monoisotopic (exact) mass is 273 g/mol. The minimum absolute atomic E-state index is 0.391. The second-order valence-electron chi connectivity index (χ2n) is 4.78. The van der Waals surface area contributed by atoms with Crippen LogP contribution in [0.4, 0.5) is 0 Å². The molecule has 1 fully saturated rings. The molecule has 0 bridgehead atoms. The number of rotatable bonds is 3. The van der Waals surface area contributed by atoms with Crippen LogP contribution in [0, 0.1) is 0 Å². The van der Waals surface area contributed by atoms with Crippen molar-refractivity contribution >= 4 is 23.5 Å². The molecule has 0 spiro atoms. The van der Waals surface area contributed by atoms with E-state index in [4.69, 9.17) is 4.74 Å². The maximum Gasteiger partial charge on any atom is 0.110 e. The van der Waals surface area contributed by atoms with Crippen molar-refractivity contribution in [2.45, 2.75) is 48.5 Å². The van der Waals surface area contributed by atoms with Crippen LogP contribution in [0.25, 0.3) is 0 Å². The van der Waals surface area contributed by atoms with Gasteiger partial charge in [0.1, 0.15) is 5.76 Å². The predicted molar refractivity (Wildman–Crippen MR) is 78.9 cm³/mol. The van der Waals surface area contributed by atoms with Gasteiger partial charge in [-0.3, -0.25) is 0 Å². The summed E-state index contributed by atoms with van der Waals surface area (Å²) in [5, 5.41) is 5.60. The zero-order chi connectivity index (χ0) is 12.3. The number of ether oxygens (including phenoxy) is 1. The normalized spacial score (nSPS) is 35.9. The summed E-state index contributed by atoms with van der Waals surface area (Å²) in [5.74, 6) is 2.40. The first-order chi connectivity index (χ1) is 8.22. The van der Waals surface area contributed by atoms with Gasteiger partial charge >= 0.3 is 0 Å². The Morgan fingerprint density at radius 1 is 1.41 bits per heavy atom. The highest BCUT2D eigenvalue weighted by Crippen LogP contribution is 2.38. The maximum absolute atomic E-state index is 5.82. The van der Waals surface area contributed by atoms with Crippen molar-refractivity contribution < 1.29 is 4.74 Å². The van der Waals surface area contributed by atoms with Gasteiger partial charge in [0, 0.05) is 21.5 Å². The largest absolute Gasteiger partial charge is 0.497 e. The summed E-state index contributed by atoms with van der Waals surface area (Å²) in [6.45, 7) is 5.57. The van der Waals surface area contributed by atoms with Gasteiger partial charge in [0.25, 0.3) is 0 Å². The lowest BCUT2D eigenvalue weighted by molar-refractivity contribution is 0.169. The molecule has 2 aliphatic heterocycles. The molecule has 0 amide bonds. The van der Waals surface area contributed by atoms with E-state index in [9.17, 15) is 0 Å². The van der Waals surface area contributed by atoms with Crippen LogP contribution in [0.2, 0.25) is 0 Å². The smallest absolute Gasteiger partial charge is 0.110 e. The Bertz CT molecular complexity index is 283. The van der Waals surface area contributed by atoms with Crippen LogP contribution in [0.3, 0.4) is 0 Å². The standard InChI is InChI=1S/C13H23NOS2/c1-9-10(2)17-12(8-16-9)13(14-3)11-6-4-5-7-15-11/h6,9-10,12-14H,4-5,7-8H2,1-3H3. The third-order valence-electron chi connectivity index (χ3n) is 3.53. The molecule has 0 radical (unpaired) electrons. The SMILES string of the molecule is CNC(C1=CCCCO1)C1CSC(C)C(C)S1. The van der Waals surface area contributed by atoms with Gasteiger partial charge in [-0.25, -0.2) is 0 Å². The molecule has 0 aliphatic carbocycles. The zero-order valence-corrected chi connectivity index (χ0v) is 12.6. The first kappa shape index (κ1) is 13.6. The van der Waals surface area contributed by atoms with E-state index in [0.717, 1.165) is 17.1 Å². The quantitative estimate of drug-likeness (QED) is 0.853. The molecule has 4 heteroatoms. The molecule has 1 N–H and O–H groups in total. The Kier molecular flexibility index (Phi) is 5.12. The van der Waals surface area contributed by atoms with Crippen molar-refractivity contribution in [3.63, 3.8) is 0 Å². The van der Waals surface area contributed by atoms with Crippen LogP contribution in [-0.2, 0) is 4.74 Å². The summed E-state index contributed by atoms with van der Waals surface area (Å²) >= 11 is 4.21. The summed E-state index contributed by atoms with van der Waals surface area (Å²) in [5.41, 5.74) is 0.